The highest BCUT2D eigenvalue weighted by Gasteiger charge is 2.30. The standard InChI is InChI=1S/C24H23FN4O3/c25-19-6-8-20(9-7-19)26-24(30)23(18-4-2-1-3-5-18)28-16-14-27(15-17-28)21-10-12-22(13-11-21)29(31)32/h1-13,23H,14-17H2,(H,26,30). The fraction of sp³-hybridized carbons (Fsp3) is 0.208. The van der Waals surface area contributed by atoms with Crippen LogP contribution in [0, 0.1) is 15.9 Å². The molecule has 1 N–H and O–H groups in total. The van der Waals surface area contributed by atoms with Gasteiger partial charge in [0.25, 0.3) is 5.69 Å². The molecule has 1 saturated heterocycles. The number of hydrogen-bond donors (Lipinski definition) is 1. The molecule has 1 aliphatic heterocycles. The van der Waals surface area contributed by atoms with Crippen LogP contribution in [0.2, 0.25) is 0 Å². The summed E-state index contributed by atoms with van der Waals surface area (Å²) in [6.07, 6.45) is 0. The number of benzene rings is 3. The summed E-state index contributed by atoms with van der Waals surface area (Å²) in [4.78, 5) is 28.0. The summed E-state index contributed by atoms with van der Waals surface area (Å²) in [5, 5.41) is 13.8. The van der Waals surface area contributed by atoms with E-state index in [1.54, 1.807) is 24.3 Å². The Morgan fingerprint density at radius 2 is 1.53 bits per heavy atom. The van der Waals surface area contributed by atoms with Crippen LogP contribution < -0.4 is 10.2 Å². The average molecular weight is 434 g/mol. The number of halogens is 1. The van der Waals surface area contributed by atoms with Crippen molar-refractivity contribution in [1.82, 2.24) is 4.90 Å². The molecular formula is C24H23FN4O3. The maximum atomic E-state index is 13.2. The molecule has 8 heteroatoms. The second kappa shape index (κ2) is 9.57. The topological polar surface area (TPSA) is 78.7 Å². The normalized spacial score (nSPS) is 15.2. The molecule has 7 nitrogen and oxygen atoms in total. The number of nitro groups is 1. The summed E-state index contributed by atoms with van der Waals surface area (Å²) < 4.78 is 13.2. The molecule has 1 fully saturated rings. The molecule has 0 aliphatic carbocycles. The van der Waals surface area contributed by atoms with E-state index < -0.39 is 11.0 Å². The van der Waals surface area contributed by atoms with Crippen LogP contribution in [0.25, 0.3) is 0 Å². The molecule has 4 rings (SSSR count). The van der Waals surface area contributed by atoms with Crippen molar-refractivity contribution in [2.24, 2.45) is 0 Å². The van der Waals surface area contributed by atoms with Gasteiger partial charge in [0.15, 0.2) is 0 Å². The van der Waals surface area contributed by atoms with Gasteiger partial charge in [-0.2, -0.15) is 0 Å². The Morgan fingerprint density at radius 1 is 0.906 bits per heavy atom. The third-order valence-electron chi connectivity index (χ3n) is 5.58. The number of nitro benzene ring substituents is 1. The van der Waals surface area contributed by atoms with E-state index in [0.29, 0.717) is 31.9 Å². The first-order chi connectivity index (χ1) is 15.5. The van der Waals surface area contributed by atoms with Gasteiger partial charge in [0.2, 0.25) is 5.91 Å². The molecule has 0 radical (unpaired) electrons. The smallest absolute Gasteiger partial charge is 0.269 e. The van der Waals surface area contributed by atoms with Crippen molar-refractivity contribution in [3.8, 4) is 0 Å². The highest BCUT2D eigenvalue weighted by atomic mass is 19.1. The van der Waals surface area contributed by atoms with Gasteiger partial charge in [-0.05, 0) is 42.0 Å². The van der Waals surface area contributed by atoms with Crippen molar-refractivity contribution >= 4 is 23.0 Å². The number of rotatable bonds is 6. The van der Waals surface area contributed by atoms with Gasteiger partial charge in [-0.3, -0.25) is 19.8 Å². The number of hydrogen-bond acceptors (Lipinski definition) is 5. The zero-order valence-electron chi connectivity index (χ0n) is 17.4. The fourth-order valence-corrected chi connectivity index (χ4v) is 3.93. The zero-order valence-corrected chi connectivity index (χ0v) is 17.4. The van der Waals surface area contributed by atoms with Gasteiger partial charge in [0, 0.05) is 49.7 Å². The van der Waals surface area contributed by atoms with Crippen molar-refractivity contribution in [3.63, 3.8) is 0 Å². The number of non-ortho nitro benzene ring substituents is 1. The third kappa shape index (κ3) is 4.92. The molecule has 32 heavy (non-hydrogen) atoms. The van der Waals surface area contributed by atoms with Gasteiger partial charge < -0.3 is 10.2 Å². The van der Waals surface area contributed by atoms with Crippen LogP contribution in [0.4, 0.5) is 21.5 Å². The Morgan fingerprint density at radius 3 is 2.12 bits per heavy atom. The minimum atomic E-state index is -0.486. The lowest BCUT2D eigenvalue weighted by Crippen LogP contribution is -2.50. The lowest BCUT2D eigenvalue weighted by Gasteiger charge is -2.39. The first-order valence-corrected chi connectivity index (χ1v) is 10.4. The third-order valence-corrected chi connectivity index (χ3v) is 5.58. The van der Waals surface area contributed by atoms with Crippen LogP contribution in [0.15, 0.2) is 78.9 Å². The number of piperazine rings is 1. The van der Waals surface area contributed by atoms with E-state index in [-0.39, 0.29) is 17.4 Å². The highest BCUT2D eigenvalue weighted by Crippen LogP contribution is 2.27. The molecule has 0 saturated carbocycles. The van der Waals surface area contributed by atoms with Gasteiger partial charge in [0.1, 0.15) is 11.9 Å². The summed E-state index contributed by atoms with van der Waals surface area (Å²) in [5.41, 5.74) is 2.41. The van der Waals surface area contributed by atoms with Gasteiger partial charge in [-0.15, -0.1) is 0 Å². The molecule has 0 spiro atoms. The summed E-state index contributed by atoms with van der Waals surface area (Å²) in [6.45, 7) is 2.66. The Hall–Kier alpha value is -3.78. The Labute approximate surface area is 185 Å². The maximum Gasteiger partial charge on any atom is 0.269 e. The van der Waals surface area contributed by atoms with Crippen LogP contribution in [-0.4, -0.2) is 41.9 Å². The minimum Gasteiger partial charge on any atom is -0.369 e. The zero-order chi connectivity index (χ0) is 22.5. The number of nitrogens with one attached hydrogen (secondary N) is 1. The van der Waals surface area contributed by atoms with E-state index in [1.165, 1.54) is 24.3 Å². The summed E-state index contributed by atoms with van der Waals surface area (Å²) in [7, 11) is 0. The molecule has 1 heterocycles. The van der Waals surface area contributed by atoms with Crippen molar-refractivity contribution in [2.75, 3.05) is 36.4 Å². The van der Waals surface area contributed by atoms with Crippen molar-refractivity contribution < 1.29 is 14.1 Å². The van der Waals surface area contributed by atoms with E-state index >= 15 is 0 Å². The number of amides is 1. The first kappa shape index (κ1) is 21.5. The molecule has 164 valence electrons. The highest BCUT2D eigenvalue weighted by molar-refractivity contribution is 5.95. The van der Waals surface area contributed by atoms with Gasteiger partial charge >= 0.3 is 0 Å². The maximum absolute atomic E-state index is 13.2. The Balaban J connectivity index is 1.48. The van der Waals surface area contributed by atoms with Crippen molar-refractivity contribution in [2.45, 2.75) is 6.04 Å². The fourth-order valence-electron chi connectivity index (χ4n) is 3.93. The molecule has 0 bridgehead atoms. The summed E-state index contributed by atoms with van der Waals surface area (Å²) in [6, 6.07) is 21.3. The predicted octanol–water partition coefficient (Wildman–Crippen LogP) is 4.24. The SMILES string of the molecule is O=C(Nc1ccc(F)cc1)C(c1ccccc1)N1CCN(c2ccc([N+](=O)[O-])cc2)CC1. The van der Waals surface area contributed by atoms with Crippen LogP contribution in [0.1, 0.15) is 11.6 Å². The Bertz CT molecular complexity index is 1070. The summed E-state index contributed by atoms with van der Waals surface area (Å²) in [5.74, 6) is -0.531. The average Bonchev–Trinajstić information content (AvgIpc) is 2.82. The largest absolute Gasteiger partial charge is 0.369 e. The van der Waals surface area contributed by atoms with Crippen LogP contribution >= 0.6 is 0 Å². The number of anilines is 2. The molecule has 1 amide bonds. The molecule has 1 aliphatic rings. The quantitative estimate of drug-likeness (QED) is 0.464. The van der Waals surface area contributed by atoms with Gasteiger partial charge in [-0.25, -0.2) is 4.39 Å². The molecule has 1 unspecified atom stereocenters. The van der Waals surface area contributed by atoms with Gasteiger partial charge in [-0.1, -0.05) is 30.3 Å². The number of carbonyl (C=O) groups excluding carboxylic acids is 1. The lowest BCUT2D eigenvalue weighted by molar-refractivity contribution is -0.384. The van der Waals surface area contributed by atoms with E-state index in [4.69, 9.17) is 0 Å². The van der Waals surface area contributed by atoms with E-state index in [1.807, 2.05) is 30.3 Å². The lowest BCUT2D eigenvalue weighted by atomic mass is 10.0. The number of carbonyl (C=O) groups is 1. The molecule has 1 atom stereocenters. The van der Waals surface area contributed by atoms with E-state index in [9.17, 15) is 19.3 Å². The molecular weight excluding hydrogens is 411 g/mol. The molecule has 3 aromatic carbocycles. The van der Waals surface area contributed by atoms with E-state index in [2.05, 4.69) is 15.1 Å². The number of nitrogens with zero attached hydrogens (tertiary/aromatic N) is 3. The van der Waals surface area contributed by atoms with Crippen molar-refractivity contribution in [1.29, 1.82) is 0 Å². The monoisotopic (exact) mass is 434 g/mol. The second-order valence-electron chi connectivity index (χ2n) is 7.61. The molecule has 0 aromatic heterocycles. The summed E-state index contributed by atoms with van der Waals surface area (Å²) >= 11 is 0. The minimum absolute atomic E-state index is 0.0639. The first-order valence-electron chi connectivity index (χ1n) is 10.4. The second-order valence-corrected chi connectivity index (χ2v) is 7.61. The van der Waals surface area contributed by atoms with E-state index in [0.717, 1.165) is 11.3 Å². The molecule has 3 aromatic rings. The van der Waals surface area contributed by atoms with Crippen LogP contribution in [0.3, 0.4) is 0 Å². The van der Waals surface area contributed by atoms with Crippen molar-refractivity contribution in [3.05, 3.63) is 100 Å². The van der Waals surface area contributed by atoms with Crippen LogP contribution in [-0.2, 0) is 4.79 Å². The predicted molar refractivity (Wildman–Crippen MR) is 121 cm³/mol. The van der Waals surface area contributed by atoms with Gasteiger partial charge in [0.05, 0.1) is 4.92 Å². The van der Waals surface area contributed by atoms with Crippen LogP contribution in [0.5, 0.6) is 0 Å². The Kier molecular flexibility index (Phi) is 6.42.